The first-order valence-electron chi connectivity index (χ1n) is 8.05. The van der Waals surface area contributed by atoms with Crippen molar-refractivity contribution >= 4 is 47.1 Å². The molecule has 0 saturated carbocycles. The highest BCUT2D eigenvalue weighted by atomic mass is 35.5. The fourth-order valence-corrected chi connectivity index (χ4v) is 3.50. The Morgan fingerprint density at radius 3 is 2.44 bits per heavy atom. The van der Waals surface area contributed by atoms with Crippen molar-refractivity contribution in [3.8, 4) is 0 Å². The zero-order chi connectivity index (χ0) is 18.8. The monoisotopic (exact) mass is 396 g/mol. The third kappa shape index (κ3) is 3.77. The van der Waals surface area contributed by atoms with E-state index in [9.17, 15) is 9.59 Å². The number of anilines is 1. The second-order valence-corrected chi connectivity index (χ2v) is 7.19. The van der Waals surface area contributed by atoms with Crippen LogP contribution in [0.15, 0.2) is 86.8 Å². The third-order valence-corrected chi connectivity index (χ3v) is 4.99. The number of carbonyl (C=O) groups is 2. The second kappa shape index (κ2) is 7.34. The quantitative estimate of drug-likeness (QED) is 0.487. The number of imide groups is 1. The number of amides is 3. The van der Waals surface area contributed by atoms with Crippen molar-refractivity contribution in [2.24, 2.45) is 0 Å². The van der Waals surface area contributed by atoms with Gasteiger partial charge in [-0.25, -0.2) is 9.69 Å². The number of benzene rings is 2. The molecule has 1 N–H and O–H groups in total. The lowest BCUT2D eigenvalue weighted by molar-refractivity contribution is -0.113. The number of hydrogen-bond donors (Lipinski definition) is 1. The molecule has 2 heterocycles. The Hall–Kier alpha value is -2.96. The van der Waals surface area contributed by atoms with Crippen LogP contribution in [-0.2, 0) is 4.79 Å². The van der Waals surface area contributed by atoms with Crippen LogP contribution in [0.25, 0.3) is 6.08 Å². The van der Waals surface area contributed by atoms with Gasteiger partial charge >= 0.3 is 6.03 Å². The zero-order valence-corrected chi connectivity index (χ0v) is 15.5. The van der Waals surface area contributed by atoms with Crippen LogP contribution in [0.5, 0.6) is 0 Å². The summed E-state index contributed by atoms with van der Waals surface area (Å²) < 4.78 is 5.74. The molecule has 3 aromatic rings. The van der Waals surface area contributed by atoms with Gasteiger partial charge in [0.1, 0.15) is 11.5 Å². The number of urea groups is 1. The van der Waals surface area contributed by atoms with E-state index in [0.29, 0.717) is 21.6 Å². The summed E-state index contributed by atoms with van der Waals surface area (Å²) in [4.78, 5) is 26.9. The molecule has 7 heteroatoms. The number of nitrogens with one attached hydrogen (secondary N) is 1. The van der Waals surface area contributed by atoms with Crippen LogP contribution >= 0.6 is 23.4 Å². The molecule has 3 amide bonds. The minimum Gasteiger partial charge on any atom is -0.450 e. The van der Waals surface area contributed by atoms with Crippen molar-refractivity contribution in [2.75, 3.05) is 4.90 Å². The van der Waals surface area contributed by atoms with Crippen molar-refractivity contribution in [3.63, 3.8) is 0 Å². The lowest BCUT2D eigenvalue weighted by atomic mass is 10.3. The average Bonchev–Trinajstić information content (AvgIpc) is 3.21. The topological polar surface area (TPSA) is 62.6 Å². The maximum Gasteiger partial charge on any atom is 0.333 e. The number of hydrogen-bond acceptors (Lipinski definition) is 4. The van der Waals surface area contributed by atoms with Crippen LogP contribution in [0.1, 0.15) is 5.76 Å². The fourth-order valence-electron chi connectivity index (χ4n) is 2.57. The molecule has 1 aromatic heterocycles. The molecule has 4 rings (SSSR count). The fraction of sp³-hybridized carbons (Fsp3) is 0. The molecule has 1 aliphatic heterocycles. The van der Waals surface area contributed by atoms with Crippen LogP contribution in [0.2, 0.25) is 5.02 Å². The Morgan fingerprint density at radius 2 is 1.70 bits per heavy atom. The highest BCUT2D eigenvalue weighted by molar-refractivity contribution is 7.99. The minimum atomic E-state index is -0.515. The summed E-state index contributed by atoms with van der Waals surface area (Å²) in [6, 6.07) is 19.4. The van der Waals surface area contributed by atoms with Crippen molar-refractivity contribution in [1.82, 2.24) is 5.32 Å². The van der Waals surface area contributed by atoms with E-state index in [0.717, 1.165) is 9.80 Å². The largest absolute Gasteiger partial charge is 0.450 e. The highest BCUT2D eigenvalue weighted by Crippen LogP contribution is 2.30. The predicted molar refractivity (Wildman–Crippen MR) is 105 cm³/mol. The summed E-state index contributed by atoms with van der Waals surface area (Å²) >= 11 is 7.33. The van der Waals surface area contributed by atoms with E-state index in [-0.39, 0.29) is 5.70 Å². The van der Waals surface area contributed by atoms with E-state index >= 15 is 0 Å². The van der Waals surface area contributed by atoms with Crippen LogP contribution in [0.4, 0.5) is 10.5 Å². The second-order valence-electron chi connectivity index (χ2n) is 5.68. The van der Waals surface area contributed by atoms with Crippen molar-refractivity contribution in [3.05, 3.63) is 83.2 Å². The Labute approximate surface area is 164 Å². The molecule has 0 radical (unpaired) electrons. The number of halogens is 1. The van der Waals surface area contributed by atoms with E-state index in [1.165, 1.54) is 17.8 Å². The lowest BCUT2D eigenvalue weighted by Gasteiger charge is -2.11. The Bertz CT molecular complexity index is 1030. The Morgan fingerprint density at radius 1 is 0.963 bits per heavy atom. The molecule has 0 spiro atoms. The van der Waals surface area contributed by atoms with Gasteiger partial charge in [-0.05, 0) is 48.5 Å². The first-order chi connectivity index (χ1) is 13.1. The maximum atomic E-state index is 12.6. The first kappa shape index (κ1) is 17.5. The van der Waals surface area contributed by atoms with Gasteiger partial charge in [0.15, 0.2) is 5.09 Å². The molecular formula is C20H13ClN2O3S. The van der Waals surface area contributed by atoms with Gasteiger partial charge in [0.05, 0.1) is 5.69 Å². The van der Waals surface area contributed by atoms with Crippen molar-refractivity contribution in [2.45, 2.75) is 9.99 Å². The standard InChI is InChI=1S/C20H13ClN2O3S/c21-13-6-8-14(9-7-13)23-19(24)17(22-20(23)25)12-15-10-11-18(26-15)27-16-4-2-1-3-5-16/h1-12H,(H,22,25)/b17-12+. The van der Waals surface area contributed by atoms with Gasteiger partial charge in [-0.1, -0.05) is 41.6 Å². The average molecular weight is 397 g/mol. The molecule has 134 valence electrons. The molecule has 1 fully saturated rings. The number of rotatable bonds is 4. The molecule has 0 bridgehead atoms. The van der Waals surface area contributed by atoms with Gasteiger partial charge in [0.2, 0.25) is 0 Å². The molecule has 0 atom stereocenters. The van der Waals surface area contributed by atoms with Gasteiger partial charge < -0.3 is 9.73 Å². The molecular weight excluding hydrogens is 384 g/mol. The number of nitrogens with zero attached hydrogens (tertiary/aromatic N) is 1. The molecule has 1 saturated heterocycles. The summed E-state index contributed by atoms with van der Waals surface area (Å²) in [7, 11) is 0. The molecule has 2 aromatic carbocycles. The van der Waals surface area contributed by atoms with Crippen LogP contribution in [-0.4, -0.2) is 11.9 Å². The smallest absolute Gasteiger partial charge is 0.333 e. The van der Waals surface area contributed by atoms with Crippen LogP contribution in [0, 0.1) is 0 Å². The zero-order valence-electron chi connectivity index (χ0n) is 13.9. The molecule has 1 aliphatic rings. The Kier molecular flexibility index (Phi) is 4.75. The van der Waals surface area contributed by atoms with Gasteiger partial charge in [-0.3, -0.25) is 4.79 Å². The summed E-state index contributed by atoms with van der Waals surface area (Å²) in [6.07, 6.45) is 1.52. The van der Waals surface area contributed by atoms with E-state index in [1.807, 2.05) is 36.4 Å². The minimum absolute atomic E-state index is 0.153. The van der Waals surface area contributed by atoms with Crippen molar-refractivity contribution < 1.29 is 14.0 Å². The highest BCUT2D eigenvalue weighted by Gasteiger charge is 2.35. The summed E-state index contributed by atoms with van der Waals surface area (Å²) in [5.41, 5.74) is 0.602. The SMILES string of the molecule is O=C1N/C(=C/c2ccc(Sc3ccccc3)o2)C(=O)N1c1ccc(Cl)cc1. The molecule has 0 aliphatic carbocycles. The summed E-state index contributed by atoms with van der Waals surface area (Å²) in [5.74, 6) is 0.0334. The van der Waals surface area contributed by atoms with Gasteiger partial charge in [-0.15, -0.1) is 0 Å². The molecule has 0 unspecified atom stereocenters. The molecule has 27 heavy (non-hydrogen) atoms. The van der Waals surface area contributed by atoms with Gasteiger partial charge in [-0.2, -0.15) is 0 Å². The van der Waals surface area contributed by atoms with Gasteiger partial charge in [0, 0.05) is 16.0 Å². The number of carbonyl (C=O) groups excluding carboxylic acids is 2. The summed E-state index contributed by atoms with van der Waals surface area (Å²) in [6.45, 7) is 0. The lowest BCUT2D eigenvalue weighted by Crippen LogP contribution is -2.30. The van der Waals surface area contributed by atoms with E-state index in [4.69, 9.17) is 16.0 Å². The van der Waals surface area contributed by atoms with E-state index < -0.39 is 11.9 Å². The van der Waals surface area contributed by atoms with Crippen LogP contribution < -0.4 is 10.2 Å². The Balaban J connectivity index is 1.53. The van der Waals surface area contributed by atoms with Crippen molar-refractivity contribution in [1.29, 1.82) is 0 Å². The molecule has 5 nitrogen and oxygen atoms in total. The summed E-state index contributed by atoms with van der Waals surface area (Å²) in [5, 5.41) is 3.80. The predicted octanol–water partition coefficient (Wildman–Crippen LogP) is 5.18. The number of furan rings is 1. The van der Waals surface area contributed by atoms with E-state index in [2.05, 4.69) is 5.32 Å². The normalized spacial score (nSPS) is 15.4. The third-order valence-electron chi connectivity index (χ3n) is 3.81. The van der Waals surface area contributed by atoms with Gasteiger partial charge in [0.25, 0.3) is 5.91 Å². The first-order valence-corrected chi connectivity index (χ1v) is 9.25. The van der Waals surface area contributed by atoms with Crippen LogP contribution in [0.3, 0.4) is 0 Å². The van der Waals surface area contributed by atoms with E-state index in [1.54, 1.807) is 30.3 Å². The maximum absolute atomic E-state index is 12.6.